The van der Waals surface area contributed by atoms with Crippen LogP contribution in [0.1, 0.15) is 41.7 Å². The fourth-order valence-electron chi connectivity index (χ4n) is 4.09. The number of carbonyl (C=O) groups excluding carboxylic acids is 2. The fraction of sp³-hybridized carbons (Fsp3) is 0.280. The van der Waals surface area contributed by atoms with Gasteiger partial charge in [0.15, 0.2) is 0 Å². The summed E-state index contributed by atoms with van der Waals surface area (Å²) in [6, 6.07) is 21.2. The number of likely N-dealkylation sites (tertiary alicyclic amines) is 1. The molecule has 1 atom stereocenters. The summed E-state index contributed by atoms with van der Waals surface area (Å²) in [6.07, 6.45) is 1.35. The average molecular weight is 421 g/mol. The van der Waals surface area contributed by atoms with Crippen LogP contribution >= 0.6 is 11.6 Å². The Labute approximate surface area is 181 Å². The van der Waals surface area contributed by atoms with Crippen molar-refractivity contribution < 1.29 is 9.59 Å². The number of fused-ring (bicyclic) bond motifs is 1. The summed E-state index contributed by atoms with van der Waals surface area (Å²) in [6.45, 7) is 3.16. The minimum absolute atomic E-state index is 0.0418. The summed E-state index contributed by atoms with van der Waals surface area (Å²) in [5.41, 5.74) is 1.75. The third kappa shape index (κ3) is 4.34. The van der Waals surface area contributed by atoms with E-state index in [1.54, 1.807) is 0 Å². The van der Waals surface area contributed by atoms with Gasteiger partial charge in [0.1, 0.15) is 0 Å². The molecular weight excluding hydrogens is 396 g/mol. The summed E-state index contributed by atoms with van der Waals surface area (Å²) in [4.78, 5) is 27.7. The van der Waals surface area contributed by atoms with Crippen molar-refractivity contribution in [2.24, 2.45) is 5.92 Å². The number of nitrogens with one attached hydrogen (secondary N) is 1. The molecule has 3 aromatic carbocycles. The first-order chi connectivity index (χ1) is 14.5. The molecule has 0 unspecified atom stereocenters. The molecule has 0 saturated carbocycles. The fourth-order valence-corrected chi connectivity index (χ4v) is 4.22. The topological polar surface area (TPSA) is 49.4 Å². The summed E-state index contributed by atoms with van der Waals surface area (Å²) >= 11 is 5.94. The number of nitrogens with zero attached hydrogens (tertiary/aromatic N) is 1. The molecule has 0 aromatic heterocycles. The summed E-state index contributed by atoms with van der Waals surface area (Å²) < 4.78 is 0. The van der Waals surface area contributed by atoms with Gasteiger partial charge < -0.3 is 10.2 Å². The zero-order chi connectivity index (χ0) is 21.1. The van der Waals surface area contributed by atoms with Gasteiger partial charge in [0.2, 0.25) is 5.91 Å². The number of hydrogen-bond donors (Lipinski definition) is 1. The SMILES string of the molecule is C[C@@H](NC(=O)C1CCN(C(=O)c2cccc3ccccc23)CC1)c1ccc(Cl)cc1. The highest BCUT2D eigenvalue weighted by Crippen LogP contribution is 2.24. The molecule has 3 aromatic rings. The van der Waals surface area contributed by atoms with Crippen LogP contribution in [0, 0.1) is 5.92 Å². The van der Waals surface area contributed by atoms with Crippen molar-refractivity contribution in [2.75, 3.05) is 13.1 Å². The molecule has 0 aliphatic carbocycles. The number of hydrogen-bond acceptors (Lipinski definition) is 2. The minimum atomic E-state index is -0.0786. The molecule has 30 heavy (non-hydrogen) atoms. The standard InChI is InChI=1S/C25H25ClN2O2/c1-17(18-9-11-21(26)12-10-18)27-24(29)20-13-15-28(16-14-20)25(30)23-8-4-6-19-5-2-3-7-22(19)23/h2-12,17,20H,13-16H2,1H3,(H,27,29)/t17-/m1/s1. The van der Waals surface area contributed by atoms with Crippen molar-refractivity contribution in [1.29, 1.82) is 0 Å². The Morgan fingerprint density at radius 2 is 1.63 bits per heavy atom. The van der Waals surface area contributed by atoms with E-state index < -0.39 is 0 Å². The lowest BCUT2D eigenvalue weighted by molar-refractivity contribution is -0.126. The van der Waals surface area contributed by atoms with Gasteiger partial charge in [-0.15, -0.1) is 0 Å². The smallest absolute Gasteiger partial charge is 0.254 e. The zero-order valence-corrected chi connectivity index (χ0v) is 17.7. The van der Waals surface area contributed by atoms with Crippen molar-refractivity contribution in [1.82, 2.24) is 10.2 Å². The van der Waals surface area contributed by atoms with E-state index >= 15 is 0 Å². The third-order valence-electron chi connectivity index (χ3n) is 5.90. The maximum atomic E-state index is 13.1. The molecular formula is C25H25ClN2O2. The number of benzene rings is 3. The van der Waals surface area contributed by atoms with Gasteiger partial charge in [-0.1, -0.05) is 60.1 Å². The second kappa shape index (κ2) is 8.88. The molecule has 1 heterocycles. The molecule has 0 bridgehead atoms. The third-order valence-corrected chi connectivity index (χ3v) is 6.15. The van der Waals surface area contributed by atoms with E-state index in [1.807, 2.05) is 78.6 Å². The maximum Gasteiger partial charge on any atom is 0.254 e. The van der Waals surface area contributed by atoms with Crippen LogP contribution in [0.5, 0.6) is 0 Å². The van der Waals surface area contributed by atoms with Crippen LogP contribution in [0.2, 0.25) is 5.02 Å². The molecule has 0 radical (unpaired) electrons. The summed E-state index contributed by atoms with van der Waals surface area (Å²) in [5, 5.41) is 5.82. The van der Waals surface area contributed by atoms with Gasteiger partial charge in [0, 0.05) is 29.6 Å². The van der Waals surface area contributed by atoms with Crippen molar-refractivity contribution >= 4 is 34.2 Å². The van der Waals surface area contributed by atoms with Gasteiger partial charge in [0.25, 0.3) is 5.91 Å². The van der Waals surface area contributed by atoms with Crippen molar-refractivity contribution in [3.05, 3.63) is 82.9 Å². The molecule has 0 spiro atoms. The number of amides is 2. The van der Waals surface area contributed by atoms with Crippen LogP contribution in [-0.2, 0) is 4.79 Å². The molecule has 2 amide bonds. The van der Waals surface area contributed by atoms with Crippen molar-refractivity contribution in [3.8, 4) is 0 Å². The van der Waals surface area contributed by atoms with E-state index in [-0.39, 0.29) is 23.8 Å². The van der Waals surface area contributed by atoms with Crippen molar-refractivity contribution in [2.45, 2.75) is 25.8 Å². The highest BCUT2D eigenvalue weighted by Gasteiger charge is 2.29. The molecule has 1 fully saturated rings. The van der Waals surface area contributed by atoms with Crippen LogP contribution in [-0.4, -0.2) is 29.8 Å². The zero-order valence-electron chi connectivity index (χ0n) is 17.0. The molecule has 1 saturated heterocycles. The highest BCUT2D eigenvalue weighted by molar-refractivity contribution is 6.30. The Kier molecular flexibility index (Phi) is 6.05. The van der Waals surface area contributed by atoms with Gasteiger partial charge in [-0.05, 0) is 54.3 Å². The first-order valence-electron chi connectivity index (χ1n) is 10.4. The molecule has 154 valence electrons. The number of rotatable bonds is 4. The monoisotopic (exact) mass is 420 g/mol. The minimum Gasteiger partial charge on any atom is -0.349 e. The molecule has 4 nitrogen and oxygen atoms in total. The molecule has 4 rings (SSSR count). The predicted molar refractivity (Wildman–Crippen MR) is 121 cm³/mol. The first-order valence-corrected chi connectivity index (χ1v) is 10.7. The number of piperidine rings is 1. The van der Waals surface area contributed by atoms with Crippen LogP contribution < -0.4 is 5.32 Å². The lowest BCUT2D eigenvalue weighted by Gasteiger charge is -2.32. The second-order valence-electron chi connectivity index (χ2n) is 7.88. The van der Waals surface area contributed by atoms with E-state index in [1.165, 1.54) is 0 Å². The van der Waals surface area contributed by atoms with Gasteiger partial charge >= 0.3 is 0 Å². The van der Waals surface area contributed by atoms with Gasteiger partial charge in [-0.2, -0.15) is 0 Å². The Morgan fingerprint density at radius 1 is 0.967 bits per heavy atom. The van der Waals surface area contributed by atoms with Crippen LogP contribution in [0.15, 0.2) is 66.7 Å². The molecule has 5 heteroatoms. The van der Waals surface area contributed by atoms with Crippen LogP contribution in [0.4, 0.5) is 0 Å². The maximum absolute atomic E-state index is 13.1. The van der Waals surface area contributed by atoms with Gasteiger partial charge in [-0.25, -0.2) is 0 Å². The van der Waals surface area contributed by atoms with Crippen molar-refractivity contribution in [3.63, 3.8) is 0 Å². The lowest BCUT2D eigenvalue weighted by atomic mass is 9.94. The average Bonchev–Trinajstić information content (AvgIpc) is 2.78. The molecule has 1 aliphatic rings. The van der Waals surface area contributed by atoms with Gasteiger partial charge in [0.05, 0.1) is 6.04 Å². The van der Waals surface area contributed by atoms with Gasteiger partial charge in [-0.3, -0.25) is 9.59 Å². The predicted octanol–water partition coefficient (Wildman–Crippen LogP) is 5.22. The second-order valence-corrected chi connectivity index (χ2v) is 8.31. The number of halogens is 1. The van der Waals surface area contributed by atoms with E-state index in [0.29, 0.717) is 31.0 Å². The largest absolute Gasteiger partial charge is 0.349 e. The normalized spacial score (nSPS) is 15.7. The molecule has 1 N–H and O–H groups in total. The van der Waals surface area contributed by atoms with E-state index in [0.717, 1.165) is 21.9 Å². The Morgan fingerprint density at radius 3 is 2.37 bits per heavy atom. The Hall–Kier alpha value is -2.85. The van der Waals surface area contributed by atoms with E-state index in [4.69, 9.17) is 11.6 Å². The Balaban J connectivity index is 1.36. The van der Waals surface area contributed by atoms with E-state index in [2.05, 4.69) is 5.32 Å². The lowest BCUT2D eigenvalue weighted by Crippen LogP contribution is -2.43. The highest BCUT2D eigenvalue weighted by atomic mass is 35.5. The first kappa shape index (κ1) is 20.4. The molecule has 1 aliphatic heterocycles. The quantitative estimate of drug-likeness (QED) is 0.628. The summed E-state index contributed by atoms with van der Waals surface area (Å²) in [5.74, 6) is 0.0196. The number of carbonyl (C=O) groups is 2. The summed E-state index contributed by atoms with van der Waals surface area (Å²) in [7, 11) is 0. The Bertz CT molecular complexity index is 1050. The van der Waals surface area contributed by atoms with E-state index in [9.17, 15) is 9.59 Å². The van der Waals surface area contributed by atoms with Crippen LogP contribution in [0.3, 0.4) is 0 Å². The van der Waals surface area contributed by atoms with Crippen LogP contribution in [0.25, 0.3) is 10.8 Å².